The minimum atomic E-state index is -0.311. The van der Waals surface area contributed by atoms with E-state index in [-0.39, 0.29) is 23.3 Å². The number of carbonyl (C=O) groups excluding carboxylic acids is 1. The molecule has 0 fully saturated rings. The molecule has 3 N–H and O–H groups in total. The third kappa shape index (κ3) is 3.74. The van der Waals surface area contributed by atoms with Crippen molar-refractivity contribution in [2.75, 3.05) is 11.1 Å². The Labute approximate surface area is 162 Å². The van der Waals surface area contributed by atoms with Gasteiger partial charge in [0.2, 0.25) is 5.78 Å². The Kier molecular flexibility index (Phi) is 5.63. The Morgan fingerprint density at radius 1 is 1.26 bits per heavy atom. The number of carbonyl (C=O) groups is 1. The molecule has 0 saturated heterocycles. The minimum absolute atomic E-state index is 0.207. The molecular weight excluding hydrogens is 358 g/mol. The monoisotopic (exact) mass is 379 g/mol. The second-order valence-electron chi connectivity index (χ2n) is 6.21. The van der Waals surface area contributed by atoms with Gasteiger partial charge in [-0.05, 0) is 24.5 Å². The van der Waals surface area contributed by atoms with E-state index in [0.717, 1.165) is 24.0 Å². The number of nitrogens with two attached hydrogens (primary N) is 1. The Bertz CT molecular complexity index is 979. The largest absolute Gasteiger partial charge is 0.460 e. The fourth-order valence-corrected chi connectivity index (χ4v) is 3.95. The van der Waals surface area contributed by atoms with Gasteiger partial charge in [0.05, 0.1) is 12.0 Å². The first-order chi connectivity index (χ1) is 13.1. The van der Waals surface area contributed by atoms with Crippen LogP contribution in [0.3, 0.4) is 0 Å². The summed E-state index contributed by atoms with van der Waals surface area (Å²) in [6, 6.07) is 13.7. The Morgan fingerprint density at radius 3 is 2.59 bits per heavy atom. The van der Waals surface area contributed by atoms with E-state index in [2.05, 4.69) is 25.2 Å². The van der Waals surface area contributed by atoms with E-state index in [1.54, 1.807) is 12.3 Å². The zero-order valence-corrected chi connectivity index (χ0v) is 16.1. The lowest BCUT2D eigenvalue weighted by molar-refractivity contribution is 0.101. The SMILES string of the molecule is CCC(CC)Nc1sc(C(=O)c2cc(-c3ccccc3)co2)c(N)c1C#N. The van der Waals surface area contributed by atoms with E-state index >= 15 is 0 Å². The van der Waals surface area contributed by atoms with Crippen LogP contribution >= 0.6 is 11.3 Å². The van der Waals surface area contributed by atoms with Crippen LogP contribution in [0.4, 0.5) is 10.7 Å². The summed E-state index contributed by atoms with van der Waals surface area (Å²) in [5, 5.41) is 13.4. The number of anilines is 2. The summed E-state index contributed by atoms with van der Waals surface area (Å²) in [5.74, 6) is -0.103. The summed E-state index contributed by atoms with van der Waals surface area (Å²) >= 11 is 1.21. The van der Waals surface area contributed by atoms with Gasteiger partial charge in [-0.2, -0.15) is 5.26 Å². The fraction of sp³-hybridized carbons (Fsp3) is 0.238. The molecule has 6 heteroatoms. The van der Waals surface area contributed by atoms with Crippen molar-refractivity contribution in [3.63, 3.8) is 0 Å². The van der Waals surface area contributed by atoms with Crippen molar-refractivity contribution < 1.29 is 9.21 Å². The van der Waals surface area contributed by atoms with Gasteiger partial charge < -0.3 is 15.5 Å². The van der Waals surface area contributed by atoms with Crippen molar-refractivity contribution in [1.82, 2.24) is 0 Å². The number of nitrogens with zero attached hydrogens (tertiary/aromatic N) is 1. The van der Waals surface area contributed by atoms with E-state index in [0.29, 0.717) is 15.4 Å². The summed E-state index contributed by atoms with van der Waals surface area (Å²) < 4.78 is 5.49. The first-order valence-electron chi connectivity index (χ1n) is 8.86. The van der Waals surface area contributed by atoms with Crippen LogP contribution < -0.4 is 11.1 Å². The van der Waals surface area contributed by atoms with Crippen molar-refractivity contribution in [3.8, 4) is 17.2 Å². The number of nitrogens with one attached hydrogen (secondary N) is 1. The van der Waals surface area contributed by atoms with Crippen LogP contribution in [0.2, 0.25) is 0 Å². The molecule has 27 heavy (non-hydrogen) atoms. The lowest BCUT2D eigenvalue weighted by Gasteiger charge is -2.14. The summed E-state index contributed by atoms with van der Waals surface area (Å²) in [6.07, 6.45) is 3.39. The maximum atomic E-state index is 12.9. The minimum Gasteiger partial charge on any atom is -0.460 e. The zero-order valence-electron chi connectivity index (χ0n) is 15.3. The molecule has 0 spiro atoms. The molecule has 2 aromatic heterocycles. The molecule has 0 aliphatic carbocycles. The number of ketones is 1. The molecule has 0 unspecified atom stereocenters. The van der Waals surface area contributed by atoms with Gasteiger partial charge in [-0.15, -0.1) is 11.3 Å². The van der Waals surface area contributed by atoms with Crippen molar-refractivity contribution >= 4 is 27.8 Å². The summed E-state index contributed by atoms with van der Waals surface area (Å²) in [7, 11) is 0. The summed E-state index contributed by atoms with van der Waals surface area (Å²) in [4.78, 5) is 13.2. The highest BCUT2D eigenvalue weighted by Gasteiger charge is 2.25. The number of hydrogen-bond acceptors (Lipinski definition) is 6. The number of rotatable bonds is 7. The summed E-state index contributed by atoms with van der Waals surface area (Å²) in [5.41, 5.74) is 8.44. The van der Waals surface area contributed by atoms with E-state index in [9.17, 15) is 10.1 Å². The number of thiophene rings is 1. The molecule has 0 aliphatic heterocycles. The molecule has 0 atom stereocenters. The average molecular weight is 379 g/mol. The molecule has 3 rings (SSSR count). The van der Waals surface area contributed by atoms with Crippen LogP contribution in [0.5, 0.6) is 0 Å². The van der Waals surface area contributed by atoms with Crippen LogP contribution in [-0.2, 0) is 0 Å². The maximum Gasteiger partial charge on any atom is 0.240 e. The second-order valence-corrected chi connectivity index (χ2v) is 7.23. The van der Waals surface area contributed by atoms with Crippen molar-refractivity contribution in [1.29, 1.82) is 5.26 Å². The maximum absolute atomic E-state index is 12.9. The third-order valence-electron chi connectivity index (χ3n) is 4.51. The van der Waals surface area contributed by atoms with Crippen LogP contribution in [0.1, 0.15) is 47.7 Å². The van der Waals surface area contributed by atoms with Crippen LogP contribution in [-0.4, -0.2) is 11.8 Å². The molecule has 0 radical (unpaired) electrons. The predicted molar refractivity (Wildman–Crippen MR) is 109 cm³/mol. The predicted octanol–water partition coefficient (Wildman–Crippen LogP) is 5.29. The van der Waals surface area contributed by atoms with Gasteiger partial charge in [0.25, 0.3) is 0 Å². The lowest BCUT2D eigenvalue weighted by atomic mass is 10.1. The highest BCUT2D eigenvalue weighted by atomic mass is 32.1. The number of nitriles is 1. The van der Waals surface area contributed by atoms with E-state index in [1.807, 2.05) is 30.3 Å². The summed E-state index contributed by atoms with van der Waals surface area (Å²) in [6.45, 7) is 4.15. The third-order valence-corrected chi connectivity index (χ3v) is 5.65. The standard InChI is InChI=1S/C21H21N3O2S/c1-3-15(4-2)24-21-16(11-22)18(23)20(27-21)19(25)17-10-14(12-26-17)13-8-6-5-7-9-13/h5-10,12,15,24H,3-4,23H2,1-2H3. The average Bonchev–Trinajstić information content (AvgIpc) is 3.31. The van der Waals surface area contributed by atoms with Gasteiger partial charge in [-0.3, -0.25) is 4.79 Å². The van der Waals surface area contributed by atoms with E-state index in [1.165, 1.54) is 11.3 Å². The first-order valence-corrected chi connectivity index (χ1v) is 9.68. The smallest absolute Gasteiger partial charge is 0.240 e. The van der Waals surface area contributed by atoms with Gasteiger partial charge in [0, 0.05) is 11.6 Å². The highest BCUT2D eigenvalue weighted by molar-refractivity contribution is 7.19. The topological polar surface area (TPSA) is 92.1 Å². The molecule has 3 aromatic rings. The quantitative estimate of drug-likeness (QED) is 0.544. The number of benzene rings is 1. The highest BCUT2D eigenvalue weighted by Crippen LogP contribution is 2.38. The molecule has 0 amide bonds. The first kappa shape index (κ1) is 18.7. The van der Waals surface area contributed by atoms with Crippen LogP contribution in [0, 0.1) is 11.3 Å². The van der Waals surface area contributed by atoms with Gasteiger partial charge in [-0.1, -0.05) is 44.2 Å². The van der Waals surface area contributed by atoms with Crippen LogP contribution in [0.25, 0.3) is 11.1 Å². The Morgan fingerprint density at radius 2 is 1.96 bits per heavy atom. The van der Waals surface area contributed by atoms with E-state index in [4.69, 9.17) is 10.2 Å². The number of furan rings is 1. The Balaban J connectivity index is 1.92. The molecule has 0 bridgehead atoms. The molecule has 138 valence electrons. The van der Waals surface area contributed by atoms with Crippen molar-refractivity contribution in [2.45, 2.75) is 32.7 Å². The van der Waals surface area contributed by atoms with Gasteiger partial charge in [0.1, 0.15) is 21.5 Å². The van der Waals surface area contributed by atoms with Gasteiger partial charge in [-0.25, -0.2) is 0 Å². The van der Waals surface area contributed by atoms with Crippen molar-refractivity contribution in [2.24, 2.45) is 0 Å². The Hall–Kier alpha value is -3.04. The van der Waals surface area contributed by atoms with Gasteiger partial charge >= 0.3 is 0 Å². The number of hydrogen-bond donors (Lipinski definition) is 2. The molecule has 0 aliphatic rings. The van der Waals surface area contributed by atoms with Crippen molar-refractivity contribution in [3.05, 3.63) is 58.9 Å². The molecule has 0 saturated carbocycles. The number of nitrogen functional groups attached to an aromatic ring is 1. The van der Waals surface area contributed by atoms with E-state index < -0.39 is 0 Å². The molecular formula is C21H21N3O2S. The second kappa shape index (κ2) is 8.11. The zero-order chi connectivity index (χ0) is 19.4. The van der Waals surface area contributed by atoms with Gasteiger partial charge in [0.15, 0.2) is 5.76 Å². The lowest BCUT2D eigenvalue weighted by Crippen LogP contribution is -2.16. The van der Waals surface area contributed by atoms with Crippen LogP contribution in [0.15, 0.2) is 47.1 Å². The molecule has 2 heterocycles. The normalized spacial score (nSPS) is 10.7. The molecule has 1 aromatic carbocycles. The fourth-order valence-electron chi connectivity index (χ4n) is 2.85. The molecule has 5 nitrogen and oxygen atoms in total.